The standard InChI is InChI=1S/C12H5Cl5N2O5S/c13-7-8(14)11(20)12(16,17)10(15)9(7)18-25(23,24)6-3-1-5(2-4-6)19(21)22/h1-4,10H. The third-order valence-corrected chi connectivity index (χ3v) is 6.72. The van der Waals surface area contributed by atoms with Gasteiger partial charge in [0.2, 0.25) is 10.1 Å². The van der Waals surface area contributed by atoms with Crippen LogP contribution in [0, 0.1) is 10.1 Å². The summed E-state index contributed by atoms with van der Waals surface area (Å²) in [6.07, 6.45) is 0. The highest BCUT2D eigenvalue weighted by atomic mass is 35.5. The molecule has 0 fully saturated rings. The first-order valence-electron chi connectivity index (χ1n) is 6.11. The van der Waals surface area contributed by atoms with Gasteiger partial charge in [0.05, 0.1) is 20.6 Å². The van der Waals surface area contributed by atoms with Crippen LogP contribution in [-0.4, -0.2) is 34.5 Å². The lowest BCUT2D eigenvalue weighted by atomic mass is 10.0. The van der Waals surface area contributed by atoms with Crippen molar-refractivity contribution in [2.24, 2.45) is 4.40 Å². The number of allylic oxidation sites excluding steroid dienone is 2. The van der Waals surface area contributed by atoms with Gasteiger partial charge in [-0.25, -0.2) is 0 Å². The Morgan fingerprint density at radius 3 is 2.12 bits per heavy atom. The number of ketones is 1. The van der Waals surface area contributed by atoms with E-state index in [-0.39, 0.29) is 10.6 Å². The van der Waals surface area contributed by atoms with Gasteiger partial charge in [-0.15, -0.1) is 11.6 Å². The Labute approximate surface area is 166 Å². The highest BCUT2D eigenvalue weighted by molar-refractivity contribution is 7.90. The van der Waals surface area contributed by atoms with Gasteiger partial charge in [-0.2, -0.15) is 12.8 Å². The Morgan fingerprint density at radius 1 is 1.12 bits per heavy atom. The van der Waals surface area contributed by atoms with E-state index in [0.717, 1.165) is 24.3 Å². The van der Waals surface area contributed by atoms with E-state index >= 15 is 0 Å². The predicted octanol–water partition coefficient (Wildman–Crippen LogP) is 3.78. The zero-order valence-electron chi connectivity index (χ0n) is 11.6. The number of non-ortho nitro benzene ring substituents is 1. The van der Waals surface area contributed by atoms with E-state index in [2.05, 4.69) is 4.40 Å². The van der Waals surface area contributed by atoms with Gasteiger partial charge in [0.25, 0.3) is 15.7 Å². The summed E-state index contributed by atoms with van der Waals surface area (Å²) in [7, 11) is -4.38. The quantitative estimate of drug-likeness (QED) is 0.383. The number of rotatable bonds is 3. The maximum atomic E-state index is 12.4. The normalized spacial score (nSPS) is 22.4. The first kappa shape index (κ1) is 20.4. The van der Waals surface area contributed by atoms with Gasteiger partial charge in [-0.1, -0.05) is 46.4 Å². The van der Waals surface area contributed by atoms with Gasteiger partial charge in [-0.3, -0.25) is 14.9 Å². The molecule has 1 unspecified atom stereocenters. The average molecular weight is 467 g/mol. The van der Waals surface area contributed by atoms with Gasteiger partial charge in [-0.05, 0) is 12.1 Å². The minimum absolute atomic E-state index is 0.313. The summed E-state index contributed by atoms with van der Waals surface area (Å²) in [6, 6.07) is 3.91. The summed E-state index contributed by atoms with van der Waals surface area (Å²) in [5, 5.41) is 7.91. The lowest BCUT2D eigenvalue weighted by molar-refractivity contribution is -0.384. The Hall–Kier alpha value is -0.900. The molecule has 1 aliphatic carbocycles. The first-order valence-corrected chi connectivity index (χ1v) is 9.50. The zero-order chi connectivity index (χ0) is 19.2. The number of Topliss-reactive ketones (excluding diaryl/α,β-unsaturated/α-hetero) is 1. The molecule has 134 valence electrons. The lowest BCUT2D eigenvalue weighted by Gasteiger charge is -2.29. The molecule has 0 aliphatic heterocycles. The second kappa shape index (κ2) is 7.02. The second-order valence-electron chi connectivity index (χ2n) is 4.65. The summed E-state index contributed by atoms with van der Waals surface area (Å²) in [5.74, 6) is -0.991. The van der Waals surface area contributed by atoms with Gasteiger partial charge in [0.15, 0.2) is 0 Å². The summed E-state index contributed by atoms with van der Waals surface area (Å²) >= 11 is 29.1. The Bertz CT molecular complexity index is 924. The smallest absolute Gasteiger partial charge is 0.282 e. The van der Waals surface area contributed by atoms with Crippen molar-refractivity contribution in [3.8, 4) is 0 Å². The molecule has 0 saturated carbocycles. The molecule has 0 amide bonds. The van der Waals surface area contributed by atoms with Gasteiger partial charge in [0.1, 0.15) is 10.4 Å². The lowest BCUT2D eigenvalue weighted by Crippen LogP contribution is -2.45. The molecule has 1 aliphatic rings. The molecule has 1 aromatic carbocycles. The number of nitro groups is 1. The molecular weight excluding hydrogens is 461 g/mol. The number of alkyl halides is 3. The van der Waals surface area contributed by atoms with Gasteiger partial charge < -0.3 is 0 Å². The van der Waals surface area contributed by atoms with Crippen LogP contribution in [0.3, 0.4) is 0 Å². The highest BCUT2D eigenvalue weighted by Gasteiger charge is 2.51. The van der Waals surface area contributed by atoms with Crippen molar-refractivity contribution >= 4 is 85.2 Å². The summed E-state index contributed by atoms with van der Waals surface area (Å²) in [4.78, 5) is 21.4. The van der Waals surface area contributed by atoms with Crippen molar-refractivity contribution < 1.29 is 18.1 Å². The van der Waals surface area contributed by atoms with Crippen LogP contribution in [0.5, 0.6) is 0 Å². The molecule has 7 nitrogen and oxygen atoms in total. The molecule has 0 N–H and O–H groups in total. The molecule has 25 heavy (non-hydrogen) atoms. The van der Waals surface area contributed by atoms with Crippen molar-refractivity contribution in [1.82, 2.24) is 0 Å². The highest BCUT2D eigenvalue weighted by Crippen LogP contribution is 2.42. The maximum absolute atomic E-state index is 12.4. The first-order chi connectivity index (χ1) is 11.4. The number of nitro benzene ring substituents is 1. The van der Waals surface area contributed by atoms with Crippen LogP contribution in [0.2, 0.25) is 0 Å². The number of carbonyl (C=O) groups is 1. The monoisotopic (exact) mass is 464 g/mol. The van der Waals surface area contributed by atoms with E-state index in [0.29, 0.717) is 0 Å². The fourth-order valence-electron chi connectivity index (χ4n) is 1.76. The van der Waals surface area contributed by atoms with E-state index in [9.17, 15) is 23.3 Å². The molecule has 0 aromatic heterocycles. The molecule has 0 bridgehead atoms. The minimum Gasteiger partial charge on any atom is -0.290 e. The van der Waals surface area contributed by atoms with Crippen LogP contribution in [-0.2, 0) is 14.8 Å². The molecule has 1 aromatic rings. The van der Waals surface area contributed by atoms with Crippen molar-refractivity contribution in [3.05, 3.63) is 44.4 Å². The molecule has 0 saturated heterocycles. The number of nitrogens with zero attached hydrogens (tertiary/aromatic N) is 2. The van der Waals surface area contributed by atoms with Gasteiger partial charge >= 0.3 is 0 Å². The van der Waals surface area contributed by atoms with E-state index in [1.165, 1.54) is 0 Å². The summed E-state index contributed by atoms with van der Waals surface area (Å²) in [5.41, 5.74) is -0.831. The fraction of sp³-hybridized carbons (Fsp3) is 0.167. The predicted molar refractivity (Wildman–Crippen MR) is 95.5 cm³/mol. The molecule has 0 radical (unpaired) electrons. The third kappa shape index (κ3) is 3.79. The number of sulfonamides is 1. The number of hydrogen-bond acceptors (Lipinski definition) is 5. The maximum Gasteiger partial charge on any atom is 0.282 e. The van der Waals surface area contributed by atoms with Crippen LogP contribution >= 0.6 is 58.0 Å². The number of benzene rings is 1. The Balaban J connectivity index is 2.57. The molecular formula is C12H5Cl5N2O5S. The molecule has 0 spiro atoms. The summed E-state index contributed by atoms with van der Waals surface area (Å²) < 4.78 is 25.9. The molecule has 1 atom stereocenters. The largest absolute Gasteiger partial charge is 0.290 e. The summed E-state index contributed by atoms with van der Waals surface area (Å²) in [6.45, 7) is 0. The number of carbonyl (C=O) groups excluding carboxylic acids is 1. The van der Waals surface area contributed by atoms with E-state index < -0.39 is 46.2 Å². The van der Waals surface area contributed by atoms with Crippen molar-refractivity contribution in [3.63, 3.8) is 0 Å². The average Bonchev–Trinajstić information content (AvgIpc) is 2.56. The van der Waals surface area contributed by atoms with Crippen molar-refractivity contribution in [1.29, 1.82) is 0 Å². The minimum atomic E-state index is -4.38. The van der Waals surface area contributed by atoms with E-state index in [4.69, 9.17) is 58.0 Å². The fourth-order valence-corrected chi connectivity index (χ4v) is 4.20. The van der Waals surface area contributed by atoms with E-state index in [1.807, 2.05) is 0 Å². The number of hydrogen-bond donors (Lipinski definition) is 0. The number of halogens is 5. The Morgan fingerprint density at radius 2 is 1.64 bits per heavy atom. The Kier molecular flexibility index (Phi) is 5.73. The SMILES string of the molecule is O=C1C(Cl)=C(Cl)C(=NS(=O)(=O)c2ccc([N+](=O)[O-])cc2)C(Cl)C1(Cl)Cl. The van der Waals surface area contributed by atoms with Crippen molar-refractivity contribution in [2.45, 2.75) is 14.6 Å². The second-order valence-corrected chi connectivity index (χ2v) is 8.83. The third-order valence-electron chi connectivity index (χ3n) is 3.04. The van der Waals surface area contributed by atoms with Crippen LogP contribution in [0.25, 0.3) is 0 Å². The zero-order valence-corrected chi connectivity index (χ0v) is 16.2. The molecule has 0 heterocycles. The van der Waals surface area contributed by atoms with Crippen LogP contribution in [0.15, 0.2) is 43.6 Å². The topological polar surface area (TPSA) is 107 Å². The van der Waals surface area contributed by atoms with Crippen LogP contribution in [0.4, 0.5) is 5.69 Å². The van der Waals surface area contributed by atoms with Crippen molar-refractivity contribution in [2.75, 3.05) is 0 Å². The van der Waals surface area contributed by atoms with Crippen LogP contribution < -0.4 is 0 Å². The molecule has 2 rings (SSSR count). The van der Waals surface area contributed by atoms with E-state index in [1.54, 1.807) is 0 Å². The van der Waals surface area contributed by atoms with Crippen LogP contribution in [0.1, 0.15) is 0 Å². The molecule has 13 heteroatoms. The van der Waals surface area contributed by atoms with Gasteiger partial charge in [0, 0.05) is 12.1 Å².